The molecule has 0 unspecified atom stereocenters. The van der Waals surface area contributed by atoms with Crippen LogP contribution in [0.3, 0.4) is 0 Å². The lowest BCUT2D eigenvalue weighted by Crippen LogP contribution is -2.35. The Labute approximate surface area is 121 Å². The fourth-order valence-electron chi connectivity index (χ4n) is 3.09. The molecule has 4 heteroatoms. The van der Waals surface area contributed by atoms with E-state index in [0.717, 1.165) is 17.2 Å². The van der Waals surface area contributed by atoms with Gasteiger partial charge in [0.05, 0.1) is 19.0 Å². The lowest BCUT2D eigenvalue weighted by molar-refractivity contribution is 0.340. The minimum absolute atomic E-state index is 0.361. The van der Waals surface area contributed by atoms with E-state index >= 15 is 0 Å². The number of ether oxygens (including phenoxy) is 1. The lowest BCUT2D eigenvalue weighted by Gasteiger charge is -2.35. The van der Waals surface area contributed by atoms with E-state index in [-0.39, 0.29) is 0 Å². The molecule has 0 N–H and O–H groups in total. The molecular formula is C16H23N3O. The number of methoxy groups -OCH3 is 1. The zero-order chi connectivity index (χ0) is 14.7. The van der Waals surface area contributed by atoms with Crippen LogP contribution >= 0.6 is 0 Å². The van der Waals surface area contributed by atoms with Crippen molar-refractivity contribution >= 4 is 5.69 Å². The number of pyridine rings is 1. The first-order valence-corrected chi connectivity index (χ1v) is 7.25. The Hall–Kier alpha value is -1.76. The Morgan fingerprint density at radius 2 is 2.00 bits per heavy atom. The normalized spacial score (nSPS) is 22.1. The van der Waals surface area contributed by atoms with Crippen molar-refractivity contribution < 1.29 is 4.74 Å². The zero-order valence-electron chi connectivity index (χ0n) is 12.8. The average Bonchev–Trinajstić information content (AvgIpc) is 2.47. The molecule has 2 rings (SSSR count). The first-order chi connectivity index (χ1) is 9.58. The monoisotopic (exact) mass is 273 g/mol. The maximum Gasteiger partial charge on any atom is 0.183 e. The van der Waals surface area contributed by atoms with Gasteiger partial charge >= 0.3 is 0 Å². The lowest BCUT2D eigenvalue weighted by atomic mass is 9.86. The third kappa shape index (κ3) is 2.72. The number of hydrogen-bond acceptors (Lipinski definition) is 4. The Kier molecular flexibility index (Phi) is 4.49. The summed E-state index contributed by atoms with van der Waals surface area (Å²) in [5.74, 6) is 1.44. The molecule has 20 heavy (non-hydrogen) atoms. The number of rotatable bonds is 3. The van der Waals surface area contributed by atoms with E-state index in [2.05, 4.69) is 29.9 Å². The van der Waals surface area contributed by atoms with Crippen LogP contribution in [0.15, 0.2) is 6.20 Å². The molecule has 1 heterocycles. The maximum absolute atomic E-state index is 9.08. The molecule has 0 aliphatic heterocycles. The molecule has 0 amide bonds. The molecule has 1 aliphatic carbocycles. The number of aromatic nitrogens is 1. The number of hydrogen-bond donors (Lipinski definition) is 0. The fourth-order valence-corrected chi connectivity index (χ4v) is 3.09. The minimum Gasteiger partial charge on any atom is -0.493 e. The minimum atomic E-state index is 0.361. The predicted molar refractivity (Wildman–Crippen MR) is 80.1 cm³/mol. The fraction of sp³-hybridized carbons (Fsp3) is 0.625. The maximum atomic E-state index is 9.08. The molecule has 0 aromatic carbocycles. The van der Waals surface area contributed by atoms with Gasteiger partial charge in [0, 0.05) is 18.7 Å². The Balaban J connectivity index is 2.26. The van der Waals surface area contributed by atoms with E-state index in [9.17, 15) is 0 Å². The summed E-state index contributed by atoms with van der Waals surface area (Å²) in [6.45, 7) is 4.33. The van der Waals surface area contributed by atoms with Crippen molar-refractivity contribution in [1.82, 2.24) is 4.98 Å². The zero-order valence-corrected chi connectivity index (χ0v) is 12.8. The third-order valence-electron chi connectivity index (χ3n) is 4.48. The summed E-state index contributed by atoms with van der Waals surface area (Å²) in [6, 6.07) is 2.64. The SMILES string of the molecule is COc1c(C#N)ncc(N(C)C2CCC(C)CC2)c1C. The van der Waals surface area contributed by atoms with Crippen LogP contribution in [0.25, 0.3) is 0 Å². The number of nitriles is 1. The summed E-state index contributed by atoms with van der Waals surface area (Å²) in [4.78, 5) is 6.54. The van der Waals surface area contributed by atoms with Crippen molar-refractivity contribution in [2.75, 3.05) is 19.1 Å². The predicted octanol–water partition coefficient (Wildman–Crippen LogP) is 3.29. The van der Waals surface area contributed by atoms with Crippen molar-refractivity contribution in [2.45, 2.75) is 45.6 Å². The van der Waals surface area contributed by atoms with Gasteiger partial charge in [-0.1, -0.05) is 6.92 Å². The summed E-state index contributed by atoms with van der Waals surface area (Å²) in [7, 11) is 3.72. The van der Waals surface area contributed by atoms with E-state index in [0.29, 0.717) is 17.5 Å². The van der Waals surface area contributed by atoms with Gasteiger partial charge in [-0.05, 0) is 38.5 Å². The first-order valence-electron chi connectivity index (χ1n) is 7.25. The van der Waals surface area contributed by atoms with Crippen LogP contribution in [0.5, 0.6) is 5.75 Å². The molecule has 0 atom stereocenters. The van der Waals surface area contributed by atoms with Crippen LogP contribution in [0.4, 0.5) is 5.69 Å². The Morgan fingerprint density at radius 3 is 2.55 bits per heavy atom. The van der Waals surface area contributed by atoms with Crippen LogP contribution in [0, 0.1) is 24.2 Å². The summed E-state index contributed by atoms with van der Waals surface area (Å²) < 4.78 is 5.35. The summed E-state index contributed by atoms with van der Waals surface area (Å²) in [5.41, 5.74) is 2.43. The van der Waals surface area contributed by atoms with Gasteiger partial charge in [0.15, 0.2) is 11.4 Å². The standard InChI is InChI=1S/C16H23N3O/c1-11-5-7-13(8-6-11)19(3)15-10-18-14(9-17)16(20-4)12(15)2/h10-11,13H,5-8H2,1-4H3. The average molecular weight is 273 g/mol. The number of nitrogens with zero attached hydrogens (tertiary/aromatic N) is 3. The third-order valence-corrected chi connectivity index (χ3v) is 4.48. The van der Waals surface area contributed by atoms with Crippen molar-refractivity contribution in [3.05, 3.63) is 17.5 Å². The molecule has 0 bridgehead atoms. The van der Waals surface area contributed by atoms with Crippen molar-refractivity contribution in [2.24, 2.45) is 5.92 Å². The first kappa shape index (κ1) is 14.6. The molecular weight excluding hydrogens is 250 g/mol. The van der Waals surface area contributed by atoms with Gasteiger partial charge in [0.25, 0.3) is 0 Å². The number of anilines is 1. The van der Waals surface area contributed by atoms with Gasteiger partial charge in [-0.3, -0.25) is 0 Å². The highest BCUT2D eigenvalue weighted by atomic mass is 16.5. The van der Waals surface area contributed by atoms with E-state index in [1.165, 1.54) is 25.7 Å². The molecule has 0 radical (unpaired) electrons. The quantitative estimate of drug-likeness (QED) is 0.848. The largest absolute Gasteiger partial charge is 0.493 e. The molecule has 1 fully saturated rings. The smallest absolute Gasteiger partial charge is 0.183 e. The van der Waals surface area contributed by atoms with Gasteiger partial charge in [-0.2, -0.15) is 5.26 Å². The second kappa shape index (κ2) is 6.13. The van der Waals surface area contributed by atoms with Crippen LogP contribution in [0.2, 0.25) is 0 Å². The van der Waals surface area contributed by atoms with E-state index < -0.39 is 0 Å². The second-order valence-corrected chi connectivity index (χ2v) is 5.79. The molecule has 108 valence electrons. The van der Waals surface area contributed by atoms with Gasteiger partial charge in [-0.25, -0.2) is 4.98 Å². The van der Waals surface area contributed by atoms with Crippen molar-refractivity contribution in [3.8, 4) is 11.8 Å². The van der Waals surface area contributed by atoms with Crippen molar-refractivity contribution in [1.29, 1.82) is 5.26 Å². The molecule has 1 aliphatic rings. The second-order valence-electron chi connectivity index (χ2n) is 5.79. The van der Waals surface area contributed by atoms with Crippen LogP contribution < -0.4 is 9.64 Å². The van der Waals surface area contributed by atoms with Crippen LogP contribution in [-0.2, 0) is 0 Å². The molecule has 4 nitrogen and oxygen atoms in total. The highest BCUT2D eigenvalue weighted by molar-refractivity contribution is 5.60. The van der Waals surface area contributed by atoms with Crippen LogP contribution in [-0.4, -0.2) is 25.2 Å². The molecule has 0 saturated heterocycles. The van der Waals surface area contributed by atoms with Gasteiger partial charge in [0.2, 0.25) is 0 Å². The molecule has 1 aromatic rings. The Bertz CT molecular complexity index is 513. The van der Waals surface area contributed by atoms with Crippen LogP contribution in [0.1, 0.15) is 43.9 Å². The van der Waals surface area contributed by atoms with E-state index in [4.69, 9.17) is 10.00 Å². The van der Waals surface area contributed by atoms with E-state index in [1.807, 2.05) is 6.92 Å². The van der Waals surface area contributed by atoms with Crippen molar-refractivity contribution in [3.63, 3.8) is 0 Å². The van der Waals surface area contributed by atoms with Gasteiger partial charge < -0.3 is 9.64 Å². The van der Waals surface area contributed by atoms with Gasteiger partial charge in [0.1, 0.15) is 6.07 Å². The molecule has 0 spiro atoms. The highest BCUT2D eigenvalue weighted by Gasteiger charge is 2.24. The topological polar surface area (TPSA) is 49.1 Å². The Morgan fingerprint density at radius 1 is 1.35 bits per heavy atom. The summed E-state index contributed by atoms with van der Waals surface area (Å²) in [6.07, 6.45) is 6.82. The molecule has 1 aromatic heterocycles. The summed E-state index contributed by atoms with van der Waals surface area (Å²) >= 11 is 0. The van der Waals surface area contributed by atoms with Gasteiger partial charge in [-0.15, -0.1) is 0 Å². The summed E-state index contributed by atoms with van der Waals surface area (Å²) in [5, 5.41) is 9.08. The van der Waals surface area contributed by atoms with E-state index in [1.54, 1.807) is 13.3 Å². The molecule has 1 saturated carbocycles. The highest BCUT2D eigenvalue weighted by Crippen LogP contribution is 2.34.